The van der Waals surface area contributed by atoms with Gasteiger partial charge in [-0.2, -0.15) is 0 Å². The standard InChI is InChI=1S/C5H3NO3S/c7-5(6(8)9)4-2-1-3-10-4/h1-3H. The zero-order valence-electron chi connectivity index (χ0n) is 4.81. The van der Waals surface area contributed by atoms with Gasteiger partial charge in [-0.05, 0) is 11.4 Å². The summed E-state index contributed by atoms with van der Waals surface area (Å²) in [5.41, 5.74) is 0. The molecule has 0 aromatic carbocycles. The van der Waals surface area contributed by atoms with Gasteiger partial charge in [0.05, 0.1) is 0 Å². The monoisotopic (exact) mass is 157 g/mol. The highest BCUT2D eigenvalue weighted by Crippen LogP contribution is 2.08. The SMILES string of the molecule is O=C(c1cccs1)[N+](=O)[O-]. The largest absolute Gasteiger partial charge is 0.486 e. The Balaban J connectivity index is 2.88. The molecule has 5 heteroatoms. The van der Waals surface area contributed by atoms with E-state index in [-0.39, 0.29) is 4.88 Å². The van der Waals surface area contributed by atoms with Crippen LogP contribution < -0.4 is 0 Å². The fourth-order valence-corrected chi connectivity index (χ4v) is 1.13. The molecular formula is C5H3NO3S. The molecular weight excluding hydrogens is 154 g/mol. The van der Waals surface area contributed by atoms with Crippen molar-refractivity contribution in [3.05, 3.63) is 32.5 Å². The first-order valence-electron chi connectivity index (χ1n) is 2.44. The zero-order valence-corrected chi connectivity index (χ0v) is 5.63. The summed E-state index contributed by atoms with van der Waals surface area (Å²) in [5, 5.41) is 11.5. The average molecular weight is 157 g/mol. The van der Waals surface area contributed by atoms with Crippen LogP contribution in [0.4, 0.5) is 0 Å². The average Bonchev–Trinajstić information content (AvgIpc) is 2.36. The van der Waals surface area contributed by atoms with E-state index in [2.05, 4.69) is 0 Å². The Morgan fingerprint density at radius 3 is 2.80 bits per heavy atom. The van der Waals surface area contributed by atoms with Crippen molar-refractivity contribution in [2.75, 3.05) is 0 Å². The summed E-state index contributed by atoms with van der Waals surface area (Å²) in [6, 6.07) is 3.02. The van der Waals surface area contributed by atoms with Crippen molar-refractivity contribution in [2.24, 2.45) is 0 Å². The fraction of sp³-hybridized carbons (Fsp3) is 0. The quantitative estimate of drug-likeness (QED) is 0.454. The van der Waals surface area contributed by atoms with E-state index >= 15 is 0 Å². The Morgan fingerprint density at radius 1 is 1.70 bits per heavy atom. The number of hydrogen-bond donors (Lipinski definition) is 0. The van der Waals surface area contributed by atoms with Crippen molar-refractivity contribution < 1.29 is 9.72 Å². The van der Waals surface area contributed by atoms with Crippen LogP contribution in [-0.2, 0) is 0 Å². The lowest BCUT2D eigenvalue weighted by atomic mass is 10.5. The first kappa shape index (κ1) is 6.88. The Morgan fingerprint density at radius 2 is 2.40 bits per heavy atom. The predicted octanol–water partition coefficient (Wildman–Crippen LogP) is 1.16. The second-order valence-corrected chi connectivity index (χ2v) is 2.49. The van der Waals surface area contributed by atoms with Gasteiger partial charge in [-0.3, -0.25) is 10.1 Å². The van der Waals surface area contributed by atoms with Crippen LogP contribution in [0.3, 0.4) is 0 Å². The number of thiophene rings is 1. The summed E-state index contributed by atoms with van der Waals surface area (Å²) in [6.07, 6.45) is 0. The van der Waals surface area contributed by atoms with Crippen molar-refractivity contribution in [1.82, 2.24) is 0 Å². The van der Waals surface area contributed by atoms with Crippen molar-refractivity contribution in [3.63, 3.8) is 0 Å². The Hall–Kier alpha value is -1.23. The summed E-state index contributed by atoms with van der Waals surface area (Å²) in [4.78, 5) is 19.6. The molecule has 4 nitrogen and oxygen atoms in total. The lowest BCUT2D eigenvalue weighted by Crippen LogP contribution is -2.08. The Labute approximate surface area is 60.3 Å². The Bertz CT molecular complexity index is 254. The molecule has 0 radical (unpaired) electrons. The number of carbonyl (C=O) groups is 1. The first-order chi connectivity index (χ1) is 4.72. The van der Waals surface area contributed by atoms with Crippen LogP contribution in [-0.4, -0.2) is 10.8 Å². The van der Waals surface area contributed by atoms with Crippen LogP contribution in [0.2, 0.25) is 0 Å². The maximum atomic E-state index is 10.5. The molecule has 10 heavy (non-hydrogen) atoms. The highest BCUT2D eigenvalue weighted by atomic mass is 32.1. The van der Waals surface area contributed by atoms with Crippen LogP contribution in [0.5, 0.6) is 0 Å². The second-order valence-electron chi connectivity index (χ2n) is 1.54. The van der Waals surface area contributed by atoms with Crippen LogP contribution in [0.1, 0.15) is 9.67 Å². The van der Waals surface area contributed by atoms with Gasteiger partial charge in [-0.1, -0.05) is 6.07 Å². The molecule has 0 bridgehead atoms. The molecule has 0 N–H and O–H groups in total. The fourth-order valence-electron chi connectivity index (χ4n) is 0.490. The number of carbonyl (C=O) groups excluding carboxylic acids is 1. The normalized spacial score (nSPS) is 9.20. The molecule has 0 aliphatic heterocycles. The van der Waals surface area contributed by atoms with Gasteiger partial charge in [0.15, 0.2) is 0 Å². The van der Waals surface area contributed by atoms with Crippen molar-refractivity contribution in [3.8, 4) is 0 Å². The predicted molar refractivity (Wildman–Crippen MR) is 35.6 cm³/mol. The number of rotatable bonds is 1. The van der Waals surface area contributed by atoms with Crippen LogP contribution >= 0.6 is 11.3 Å². The van der Waals surface area contributed by atoms with Gasteiger partial charge < -0.3 is 0 Å². The smallest absolute Gasteiger partial charge is 0.255 e. The lowest BCUT2D eigenvalue weighted by Gasteiger charge is -1.81. The zero-order chi connectivity index (χ0) is 7.56. The van der Waals surface area contributed by atoms with E-state index in [0.29, 0.717) is 0 Å². The molecule has 0 spiro atoms. The maximum absolute atomic E-state index is 10.5. The molecule has 0 saturated carbocycles. The van der Waals surface area contributed by atoms with E-state index in [0.717, 1.165) is 11.3 Å². The van der Waals surface area contributed by atoms with E-state index in [9.17, 15) is 14.9 Å². The van der Waals surface area contributed by atoms with Gasteiger partial charge in [0.1, 0.15) is 9.80 Å². The molecule has 1 amide bonds. The third-order valence-corrected chi connectivity index (χ3v) is 1.76. The summed E-state index contributed by atoms with van der Waals surface area (Å²) in [7, 11) is 0. The van der Waals surface area contributed by atoms with Crippen molar-refractivity contribution >= 4 is 17.2 Å². The number of hydrogen-bond acceptors (Lipinski definition) is 4. The van der Waals surface area contributed by atoms with E-state index in [1.54, 1.807) is 11.4 Å². The highest BCUT2D eigenvalue weighted by molar-refractivity contribution is 7.11. The first-order valence-corrected chi connectivity index (χ1v) is 3.32. The molecule has 1 aromatic rings. The van der Waals surface area contributed by atoms with E-state index in [4.69, 9.17) is 0 Å². The molecule has 0 atom stereocenters. The second kappa shape index (κ2) is 2.57. The van der Waals surface area contributed by atoms with Gasteiger partial charge in [0.25, 0.3) is 0 Å². The third kappa shape index (κ3) is 1.19. The highest BCUT2D eigenvalue weighted by Gasteiger charge is 2.18. The number of amides is 1. The summed E-state index contributed by atoms with van der Waals surface area (Å²) >= 11 is 1.07. The van der Waals surface area contributed by atoms with Gasteiger partial charge in [0.2, 0.25) is 0 Å². The lowest BCUT2D eigenvalue weighted by molar-refractivity contribution is -0.374. The third-order valence-electron chi connectivity index (χ3n) is 0.898. The summed E-state index contributed by atoms with van der Waals surface area (Å²) < 4.78 is 0. The van der Waals surface area contributed by atoms with E-state index < -0.39 is 10.8 Å². The van der Waals surface area contributed by atoms with Gasteiger partial charge in [0, 0.05) is 0 Å². The molecule has 0 unspecified atom stereocenters. The molecule has 52 valence electrons. The van der Waals surface area contributed by atoms with Crippen LogP contribution in [0.25, 0.3) is 0 Å². The molecule has 0 saturated heterocycles. The minimum atomic E-state index is -1.03. The van der Waals surface area contributed by atoms with Gasteiger partial charge >= 0.3 is 5.91 Å². The van der Waals surface area contributed by atoms with E-state index in [1.165, 1.54) is 6.07 Å². The van der Waals surface area contributed by atoms with Gasteiger partial charge in [-0.25, -0.2) is 4.79 Å². The Kier molecular flexibility index (Phi) is 1.77. The molecule has 0 aliphatic rings. The van der Waals surface area contributed by atoms with Crippen LogP contribution in [0.15, 0.2) is 17.5 Å². The minimum absolute atomic E-state index is 0.171. The summed E-state index contributed by atoms with van der Waals surface area (Å²) in [6.45, 7) is 0. The van der Waals surface area contributed by atoms with Crippen molar-refractivity contribution in [1.29, 1.82) is 0 Å². The van der Waals surface area contributed by atoms with Gasteiger partial charge in [-0.15, -0.1) is 11.3 Å². The van der Waals surface area contributed by atoms with E-state index in [1.807, 2.05) is 0 Å². The molecule has 1 aromatic heterocycles. The topological polar surface area (TPSA) is 60.2 Å². The molecule has 1 heterocycles. The number of nitro groups is 1. The van der Waals surface area contributed by atoms with Crippen LogP contribution in [0, 0.1) is 10.1 Å². The molecule has 1 rings (SSSR count). The molecule has 0 fully saturated rings. The van der Waals surface area contributed by atoms with Crippen molar-refractivity contribution in [2.45, 2.75) is 0 Å². The maximum Gasteiger partial charge on any atom is 0.486 e. The molecule has 0 aliphatic carbocycles. The summed E-state index contributed by atoms with van der Waals surface area (Å²) in [5.74, 6) is -1.03. The minimum Gasteiger partial charge on any atom is -0.255 e. The number of nitrogens with zero attached hydrogens (tertiary/aromatic N) is 1.